The zero-order valence-corrected chi connectivity index (χ0v) is 21.3. The Hall–Kier alpha value is -5.12. The number of rotatable bonds is 9. The molecular weight excluding hydrogens is 500 g/mol. The largest absolute Gasteiger partial charge is 0.466 e. The molecule has 3 aromatic carbocycles. The average Bonchev–Trinajstić information content (AvgIpc) is 3.64. The Morgan fingerprint density at radius 2 is 1.28 bits per heavy atom. The summed E-state index contributed by atoms with van der Waals surface area (Å²) in [4.78, 5) is 32.2. The Bertz CT molecular complexity index is 1610. The second kappa shape index (κ2) is 11.5. The molecule has 0 aliphatic carbocycles. The van der Waals surface area contributed by atoms with Gasteiger partial charge in [-0.05, 0) is 49.4 Å². The van der Waals surface area contributed by atoms with Gasteiger partial charge in [-0.2, -0.15) is 9.97 Å². The van der Waals surface area contributed by atoms with Crippen molar-refractivity contribution >= 4 is 11.9 Å². The summed E-state index contributed by atoms with van der Waals surface area (Å²) in [6.07, 6.45) is 0.415. The molecule has 5 rings (SSSR count). The fourth-order valence-electron chi connectivity index (χ4n) is 3.76. The summed E-state index contributed by atoms with van der Waals surface area (Å²) in [6, 6.07) is 22.0. The SMILES string of the molecule is CC(=O)OCCCOC(=O)c1cccc(-c2noc(-c3ccc(-c4nc(-c5cccc(C)c5)no4)cc3)n2)c1. The van der Waals surface area contributed by atoms with E-state index in [0.717, 1.165) is 16.7 Å². The molecule has 0 amide bonds. The van der Waals surface area contributed by atoms with E-state index in [1.165, 1.54) is 6.92 Å². The lowest BCUT2D eigenvalue weighted by Crippen LogP contribution is -2.09. The van der Waals surface area contributed by atoms with E-state index in [1.54, 1.807) is 24.3 Å². The van der Waals surface area contributed by atoms with E-state index in [-0.39, 0.29) is 19.2 Å². The number of hydrogen-bond donors (Lipinski definition) is 0. The lowest BCUT2D eigenvalue weighted by Gasteiger charge is -2.05. The molecule has 0 unspecified atom stereocenters. The molecule has 0 saturated heterocycles. The quantitative estimate of drug-likeness (QED) is 0.179. The highest BCUT2D eigenvalue weighted by molar-refractivity contribution is 5.90. The Balaban J connectivity index is 1.25. The second-order valence-corrected chi connectivity index (χ2v) is 8.70. The van der Waals surface area contributed by atoms with Crippen LogP contribution in [0.3, 0.4) is 0 Å². The summed E-state index contributed by atoms with van der Waals surface area (Å²) < 4.78 is 21.0. The van der Waals surface area contributed by atoms with Crippen LogP contribution in [-0.4, -0.2) is 45.4 Å². The molecule has 196 valence electrons. The predicted octanol–water partition coefficient (Wildman–Crippen LogP) is 5.54. The van der Waals surface area contributed by atoms with Crippen molar-refractivity contribution in [3.05, 3.63) is 83.9 Å². The van der Waals surface area contributed by atoms with Gasteiger partial charge in [0.25, 0.3) is 11.8 Å². The van der Waals surface area contributed by atoms with Crippen molar-refractivity contribution in [3.63, 3.8) is 0 Å². The lowest BCUT2D eigenvalue weighted by atomic mass is 10.1. The first kappa shape index (κ1) is 25.5. The summed E-state index contributed by atoms with van der Waals surface area (Å²) in [5.41, 5.74) is 4.41. The molecule has 0 radical (unpaired) electrons. The van der Waals surface area contributed by atoms with Gasteiger partial charge in [0.15, 0.2) is 0 Å². The monoisotopic (exact) mass is 524 g/mol. The van der Waals surface area contributed by atoms with Crippen molar-refractivity contribution in [2.45, 2.75) is 20.3 Å². The highest BCUT2D eigenvalue weighted by Crippen LogP contribution is 2.27. The number of aryl methyl sites for hydroxylation is 1. The van der Waals surface area contributed by atoms with Crippen LogP contribution in [0.25, 0.3) is 45.7 Å². The molecule has 39 heavy (non-hydrogen) atoms. The Morgan fingerprint density at radius 3 is 1.87 bits per heavy atom. The molecule has 2 aromatic heterocycles. The average molecular weight is 525 g/mol. The van der Waals surface area contributed by atoms with E-state index < -0.39 is 5.97 Å². The van der Waals surface area contributed by atoms with E-state index in [2.05, 4.69) is 20.3 Å². The molecule has 10 heteroatoms. The van der Waals surface area contributed by atoms with Crippen molar-refractivity contribution in [1.29, 1.82) is 0 Å². The van der Waals surface area contributed by atoms with E-state index in [9.17, 15) is 9.59 Å². The van der Waals surface area contributed by atoms with Crippen LogP contribution in [0.15, 0.2) is 81.8 Å². The van der Waals surface area contributed by atoms with Crippen LogP contribution in [0, 0.1) is 6.92 Å². The first-order valence-corrected chi connectivity index (χ1v) is 12.2. The molecule has 0 fully saturated rings. The second-order valence-electron chi connectivity index (χ2n) is 8.70. The Labute approximate surface area is 223 Å². The standard InChI is InChI=1S/C29H24N4O6/c1-18-6-3-7-22(16-18)25-30-27(38-32-25)20-10-12-21(13-11-20)28-31-26(33-39-28)23-8-4-9-24(17-23)29(35)37-15-5-14-36-19(2)34/h3-4,6-13,16-17H,5,14-15H2,1-2H3. The molecule has 5 aromatic rings. The normalized spacial score (nSPS) is 10.8. The maximum absolute atomic E-state index is 12.4. The number of carbonyl (C=O) groups excluding carboxylic acids is 2. The first-order chi connectivity index (χ1) is 19.0. The third kappa shape index (κ3) is 6.24. The van der Waals surface area contributed by atoms with E-state index >= 15 is 0 Å². The number of carbonyl (C=O) groups is 2. The van der Waals surface area contributed by atoms with Crippen LogP contribution in [0.2, 0.25) is 0 Å². The molecule has 0 spiro atoms. The van der Waals surface area contributed by atoms with Crippen LogP contribution in [0.4, 0.5) is 0 Å². The summed E-state index contributed by atoms with van der Waals surface area (Å²) in [5.74, 6) is 0.709. The molecule has 0 aliphatic heterocycles. The Morgan fingerprint density at radius 1 is 0.718 bits per heavy atom. The number of hydrogen-bond acceptors (Lipinski definition) is 10. The van der Waals surface area contributed by atoms with Crippen LogP contribution in [0.5, 0.6) is 0 Å². The van der Waals surface area contributed by atoms with Crippen LogP contribution < -0.4 is 0 Å². The molecule has 0 saturated carbocycles. The highest BCUT2D eigenvalue weighted by Gasteiger charge is 2.15. The van der Waals surface area contributed by atoms with E-state index in [1.807, 2.05) is 55.5 Å². The summed E-state index contributed by atoms with van der Waals surface area (Å²) >= 11 is 0. The molecule has 0 atom stereocenters. The van der Waals surface area contributed by atoms with Crippen LogP contribution in [0.1, 0.15) is 29.3 Å². The number of nitrogens with zero attached hydrogens (tertiary/aromatic N) is 4. The molecule has 0 aliphatic rings. The van der Waals surface area contributed by atoms with Gasteiger partial charge in [-0.3, -0.25) is 4.79 Å². The first-order valence-electron chi connectivity index (χ1n) is 12.2. The molecule has 0 bridgehead atoms. The minimum atomic E-state index is -0.495. The van der Waals surface area contributed by atoms with Gasteiger partial charge in [0.05, 0.1) is 18.8 Å². The van der Waals surface area contributed by atoms with Gasteiger partial charge in [-0.25, -0.2) is 4.79 Å². The number of esters is 2. The van der Waals surface area contributed by atoms with Crippen molar-refractivity contribution < 1.29 is 28.1 Å². The van der Waals surface area contributed by atoms with Crippen LogP contribution in [-0.2, 0) is 14.3 Å². The van der Waals surface area contributed by atoms with Crippen molar-refractivity contribution in [2.75, 3.05) is 13.2 Å². The summed E-state index contributed by atoms with van der Waals surface area (Å²) in [6.45, 7) is 3.66. The zero-order valence-electron chi connectivity index (χ0n) is 21.3. The van der Waals surface area contributed by atoms with Crippen LogP contribution >= 0.6 is 0 Å². The van der Waals surface area contributed by atoms with Gasteiger partial charge in [0.2, 0.25) is 11.6 Å². The third-order valence-corrected chi connectivity index (χ3v) is 5.69. The van der Waals surface area contributed by atoms with Crippen molar-refractivity contribution in [1.82, 2.24) is 20.3 Å². The third-order valence-electron chi connectivity index (χ3n) is 5.69. The van der Waals surface area contributed by atoms with Crippen molar-refractivity contribution in [2.24, 2.45) is 0 Å². The number of aromatic nitrogens is 4. The topological polar surface area (TPSA) is 130 Å². The van der Waals surface area contributed by atoms with Gasteiger partial charge >= 0.3 is 11.9 Å². The summed E-state index contributed by atoms with van der Waals surface area (Å²) in [7, 11) is 0. The zero-order chi connectivity index (χ0) is 27.2. The minimum Gasteiger partial charge on any atom is -0.466 e. The van der Waals surface area contributed by atoms with Gasteiger partial charge in [-0.15, -0.1) is 0 Å². The van der Waals surface area contributed by atoms with E-state index in [0.29, 0.717) is 46.5 Å². The molecule has 0 N–H and O–H groups in total. The fourth-order valence-corrected chi connectivity index (χ4v) is 3.76. The van der Waals surface area contributed by atoms with Gasteiger partial charge < -0.3 is 18.5 Å². The predicted molar refractivity (Wildman–Crippen MR) is 140 cm³/mol. The molecular formula is C29H24N4O6. The molecule has 2 heterocycles. The highest BCUT2D eigenvalue weighted by atomic mass is 16.5. The maximum Gasteiger partial charge on any atom is 0.338 e. The maximum atomic E-state index is 12.4. The van der Waals surface area contributed by atoms with Crippen molar-refractivity contribution in [3.8, 4) is 45.7 Å². The van der Waals surface area contributed by atoms with Gasteiger partial charge in [0, 0.05) is 35.6 Å². The van der Waals surface area contributed by atoms with E-state index in [4.69, 9.17) is 18.5 Å². The summed E-state index contributed by atoms with van der Waals surface area (Å²) in [5, 5.41) is 8.16. The smallest absolute Gasteiger partial charge is 0.338 e. The Kier molecular flexibility index (Phi) is 7.53. The number of ether oxygens (including phenoxy) is 2. The van der Waals surface area contributed by atoms with Gasteiger partial charge in [-0.1, -0.05) is 46.2 Å². The van der Waals surface area contributed by atoms with Gasteiger partial charge in [0.1, 0.15) is 0 Å². The molecule has 10 nitrogen and oxygen atoms in total. The number of benzene rings is 3. The fraction of sp³-hybridized carbons (Fsp3) is 0.172. The lowest BCUT2D eigenvalue weighted by molar-refractivity contribution is -0.141. The minimum absolute atomic E-state index is 0.134.